The molecule has 0 aliphatic heterocycles. The SMILES string of the molecule is COc1ccc(NC(=O)[C@H]2[C@H]3CC[C@@H](C3)[C@@H]2C(=O)O)cc1. The summed E-state index contributed by atoms with van der Waals surface area (Å²) in [5, 5.41) is 12.2. The number of fused-ring (bicyclic) bond motifs is 2. The first-order valence-electron chi connectivity index (χ1n) is 7.28. The zero-order chi connectivity index (χ0) is 15.0. The molecule has 4 atom stereocenters. The molecule has 0 spiro atoms. The second kappa shape index (κ2) is 5.39. The molecule has 1 aromatic rings. The van der Waals surface area contributed by atoms with E-state index in [1.807, 2.05) is 0 Å². The van der Waals surface area contributed by atoms with E-state index in [4.69, 9.17) is 4.74 Å². The van der Waals surface area contributed by atoms with Gasteiger partial charge in [-0.3, -0.25) is 9.59 Å². The third-order valence-electron chi connectivity index (χ3n) is 4.86. The highest BCUT2D eigenvalue weighted by Gasteiger charge is 2.53. The fourth-order valence-corrected chi connectivity index (χ4v) is 3.92. The summed E-state index contributed by atoms with van der Waals surface area (Å²) < 4.78 is 5.07. The maximum atomic E-state index is 12.5. The topological polar surface area (TPSA) is 75.6 Å². The number of rotatable bonds is 4. The lowest BCUT2D eigenvalue weighted by Gasteiger charge is -2.27. The number of methoxy groups -OCH3 is 1. The molecule has 2 aliphatic rings. The number of hydrogen-bond donors (Lipinski definition) is 2. The number of aliphatic carboxylic acids is 1. The number of ether oxygens (including phenoxy) is 1. The van der Waals surface area contributed by atoms with E-state index in [2.05, 4.69) is 5.32 Å². The van der Waals surface area contributed by atoms with Crippen LogP contribution in [0.4, 0.5) is 5.69 Å². The summed E-state index contributed by atoms with van der Waals surface area (Å²) >= 11 is 0. The molecule has 1 aromatic carbocycles. The van der Waals surface area contributed by atoms with E-state index in [1.54, 1.807) is 31.4 Å². The van der Waals surface area contributed by atoms with E-state index in [9.17, 15) is 14.7 Å². The number of nitrogens with one attached hydrogen (secondary N) is 1. The highest BCUT2D eigenvalue weighted by molar-refractivity contribution is 5.96. The Morgan fingerprint density at radius 2 is 1.76 bits per heavy atom. The van der Waals surface area contributed by atoms with Crippen molar-refractivity contribution in [2.75, 3.05) is 12.4 Å². The third-order valence-corrected chi connectivity index (χ3v) is 4.86. The van der Waals surface area contributed by atoms with Gasteiger partial charge in [0.1, 0.15) is 5.75 Å². The van der Waals surface area contributed by atoms with Gasteiger partial charge in [0, 0.05) is 5.69 Å². The Hall–Kier alpha value is -2.04. The zero-order valence-electron chi connectivity index (χ0n) is 11.9. The third kappa shape index (κ3) is 2.48. The smallest absolute Gasteiger partial charge is 0.307 e. The van der Waals surface area contributed by atoms with Gasteiger partial charge < -0.3 is 15.2 Å². The molecule has 21 heavy (non-hydrogen) atoms. The number of anilines is 1. The van der Waals surface area contributed by atoms with Crippen LogP contribution in [0.15, 0.2) is 24.3 Å². The number of benzene rings is 1. The number of carbonyl (C=O) groups is 2. The number of amides is 1. The van der Waals surface area contributed by atoms with Crippen molar-refractivity contribution in [3.63, 3.8) is 0 Å². The van der Waals surface area contributed by atoms with Crippen molar-refractivity contribution in [3.8, 4) is 5.75 Å². The van der Waals surface area contributed by atoms with Gasteiger partial charge in [0.15, 0.2) is 0 Å². The van der Waals surface area contributed by atoms with E-state index < -0.39 is 17.8 Å². The van der Waals surface area contributed by atoms with Crippen LogP contribution in [-0.2, 0) is 9.59 Å². The molecular formula is C16H19NO4. The first kappa shape index (κ1) is 13.9. The van der Waals surface area contributed by atoms with Crippen molar-refractivity contribution in [2.45, 2.75) is 19.3 Å². The van der Waals surface area contributed by atoms with Crippen molar-refractivity contribution < 1.29 is 19.4 Å². The fourth-order valence-electron chi connectivity index (χ4n) is 3.92. The Morgan fingerprint density at radius 1 is 1.14 bits per heavy atom. The molecule has 0 radical (unpaired) electrons. The highest BCUT2D eigenvalue weighted by Crippen LogP contribution is 2.52. The van der Waals surface area contributed by atoms with Crippen LogP contribution in [0.5, 0.6) is 5.75 Å². The van der Waals surface area contributed by atoms with E-state index in [-0.39, 0.29) is 17.7 Å². The number of hydrogen-bond acceptors (Lipinski definition) is 3. The van der Waals surface area contributed by atoms with Crippen LogP contribution in [0.1, 0.15) is 19.3 Å². The number of carboxylic acid groups (broad SMARTS) is 1. The van der Waals surface area contributed by atoms with Gasteiger partial charge in [0.2, 0.25) is 5.91 Å². The molecule has 0 saturated heterocycles. The highest BCUT2D eigenvalue weighted by atomic mass is 16.5. The van der Waals surface area contributed by atoms with Gasteiger partial charge in [-0.25, -0.2) is 0 Å². The normalized spacial score (nSPS) is 30.1. The lowest BCUT2D eigenvalue weighted by molar-refractivity contribution is -0.148. The summed E-state index contributed by atoms with van der Waals surface area (Å²) in [5.74, 6) is -0.827. The van der Waals surface area contributed by atoms with Gasteiger partial charge in [-0.15, -0.1) is 0 Å². The van der Waals surface area contributed by atoms with Gasteiger partial charge in [-0.2, -0.15) is 0 Å². The average Bonchev–Trinajstić information content (AvgIpc) is 3.08. The number of carbonyl (C=O) groups excluding carboxylic acids is 1. The van der Waals surface area contributed by atoms with Crippen molar-refractivity contribution >= 4 is 17.6 Å². The van der Waals surface area contributed by atoms with Crippen molar-refractivity contribution in [1.82, 2.24) is 0 Å². The van der Waals surface area contributed by atoms with Crippen LogP contribution in [0.2, 0.25) is 0 Å². The van der Waals surface area contributed by atoms with Crippen molar-refractivity contribution in [1.29, 1.82) is 0 Å². The van der Waals surface area contributed by atoms with Crippen molar-refractivity contribution in [2.24, 2.45) is 23.7 Å². The Kier molecular flexibility index (Phi) is 3.57. The first-order valence-corrected chi connectivity index (χ1v) is 7.28. The maximum absolute atomic E-state index is 12.5. The summed E-state index contributed by atoms with van der Waals surface area (Å²) in [6.07, 6.45) is 2.78. The monoisotopic (exact) mass is 289 g/mol. The van der Waals surface area contributed by atoms with Gasteiger partial charge in [-0.05, 0) is 55.4 Å². The molecule has 0 aromatic heterocycles. The summed E-state index contributed by atoms with van der Waals surface area (Å²) in [7, 11) is 1.58. The zero-order valence-corrected chi connectivity index (χ0v) is 11.9. The Morgan fingerprint density at radius 3 is 2.33 bits per heavy atom. The number of carboxylic acids is 1. The predicted molar refractivity (Wildman–Crippen MR) is 77.1 cm³/mol. The molecule has 2 saturated carbocycles. The second-order valence-electron chi connectivity index (χ2n) is 5.94. The lowest BCUT2D eigenvalue weighted by Crippen LogP contribution is -2.37. The van der Waals surface area contributed by atoms with Crippen molar-refractivity contribution in [3.05, 3.63) is 24.3 Å². The molecule has 5 nitrogen and oxygen atoms in total. The predicted octanol–water partition coefficient (Wildman–Crippen LogP) is 2.38. The fraction of sp³-hybridized carbons (Fsp3) is 0.500. The van der Waals surface area contributed by atoms with Crippen LogP contribution < -0.4 is 10.1 Å². The Balaban J connectivity index is 1.73. The summed E-state index contributed by atoms with van der Waals surface area (Å²) in [6, 6.07) is 7.07. The average molecular weight is 289 g/mol. The second-order valence-corrected chi connectivity index (χ2v) is 5.94. The van der Waals surface area contributed by atoms with Gasteiger partial charge in [0.25, 0.3) is 0 Å². The van der Waals surface area contributed by atoms with Gasteiger partial charge in [0.05, 0.1) is 18.9 Å². The Bertz CT molecular complexity index is 554. The molecule has 112 valence electrons. The molecule has 2 aliphatic carbocycles. The molecule has 0 heterocycles. The molecule has 0 unspecified atom stereocenters. The van der Waals surface area contributed by atoms with E-state index in [0.717, 1.165) is 25.0 Å². The van der Waals surface area contributed by atoms with Crippen LogP contribution in [-0.4, -0.2) is 24.1 Å². The molecule has 1 amide bonds. The van der Waals surface area contributed by atoms with Crippen LogP contribution >= 0.6 is 0 Å². The largest absolute Gasteiger partial charge is 0.497 e. The lowest BCUT2D eigenvalue weighted by atomic mass is 9.78. The standard InChI is InChI=1S/C16H19NO4/c1-21-12-6-4-11(5-7-12)17-15(18)13-9-2-3-10(8-9)14(13)16(19)20/h4-7,9-10,13-14H,2-3,8H2,1H3,(H,17,18)(H,19,20)/t9-,10-,13-,14-/m0/s1. The molecule has 2 bridgehead atoms. The van der Waals surface area contributed by atoms with Gasteiger partial charge >= 0.3 is 5.97 Å². The molecule has 2 N–H and O–H groups in total. The van der Waals surface area contributed by atoms with E-state index in [0.29, 0.717) is 5.69 Å². The van der Waals surface area contributed by atoms with Crippen LogP contribution in [0.25, 0.3) is 0 Å². The summed E-state index contributed by atoms with van der Waals surface area (Å²) in [5.41, 5.74) is 0.674. The Labute approximate surface area is 123 Å². The van der Waals surface area contributed by atoms with Gasteiger partial charge in [-0.1, -0.05) is 0 Å². The van der Waals surface area contributed by atoms with Crippen LogP contribution in [0, 0.1) is 23.7 Å². The summed E-state index contributed by atoms with van der Waals surface area (Å²) in [6.45, 7) is 0. The van der Waals surface area contributed by atoms with Crippen LogP contribution in [0.3, 0.4) is 0 Å². The first-order chi connectivity index (χ1) is 10.1. The quantitative estimate of drug-likeness (QED) is 0.892. The maximum Gasteiger partial charge on any atom is 0.307 e. The minimum atomic E-state index is -0.836. The summed E-state index contributed by atoms with van der Waals surface area (Å²) in [4.78, 5) is 23.9. The van der Waals surface area contributed by atoms with E-state index in [1.165, 1.54) is 0 Å². The molecule has 2 fully saturated rings. The molecular weight excluding hydrogens is 270 g/mol. The molecule has 3 rings (SSSR count). The van der Waals surface area contributed by atoms with E-state index >= 15 is 0 Å². The minimum absolute atomic E-state index is 0.166. The minimum Gasteiger partial charge on any atom is -0.497 e. The molecule has 5 heteroatoms.